The van der Waals surface area contributed by atoms with Gasteiger partial charge in [0.05, 0.1) is 7.11 Å². The van der Waals surface area contributed by atoms with Gasteiger partial charge in [-0.05, 0) is 53.0 Å². The van der Waals surface area contributed by atoms with Crippen molar-refractivity contribution in [2.45, 2.75) is 6.42 Å². The van der Waals surface area contributed by atoms with Crippen molar-refractivity contribution < 1.29 is 4.74 Å². The van der Waals surface area contributed by atoms with Gasteiger partial charge in [-0.3, -0.25) is 4.98 Å². The van der Waals surface area contributed by atoms with Gasteiger partial charge in [0.25, 0.3) is 0 Å². The number of nitrogens with zero attached hydrogens (tertiary/aromatic N) is 1. The van der Waals surface area contributed by atoms with Crippen LogP contribution in [0.2, 0.25) is 0 Å². The minimum atomic E-state index is 0.847. The molecule has 3 rings (SSSR count). The number of methoxy groups -OCH3 is 1. The van der Waals surface area contributed by atoms with Gasteiger partial charge in [-0.25, -0.2) is 0 Å². The molecule has 0 radical (unpaired) electrons. The lowest BCUT2D eigenvalue weighted by molar-refractivity contribution is 0.414. The standard InChI is InChI=1S/C19H15NO/c1-3-15(11-14-5-4-10-20-13-14)18-9-7-16-6-8-17(21-2)12-19(16)18/h1,4-6,8-13H,7H2,2H3/b15-11+. The summed E-state index contributed by atoms with van der Waals surface area (Å²) in [6.07, 6.45) is 14.3. The highest BCUT2D eigenvalue weighted by Gasteiger charge is 2.17. The molecular weight excluding hydrogens is 258 g/mol. The van der Waals surface area contributed by atoms with Gasteiger partial charge < -0.3 is 4.74 Å². The smallest absolute Gasteiger partial charge is 0.119 e. The fourth-order valence-electron chi connectivity index (χ4n) is 2.51. The molecule has 2 aromatic rings. The molecule has 0 amide bonds. The van der Waals surface area contributed by atoms with Gasteiger partial charge in [0.15, 0.2) is 0 Å². The van der Waals surface area contributed by atoms with Crippen LogP contribution in [-0.2, 0) is 6.42 Å². The molecule has 1 aliphatic rings. The number of hydrogen-bond acceptors (Lipinski definition) is 2. The molecule has 0 saturated heterocycles. The maximum atomic E-state index is 5.72. The number of aromatic nitrogens is 1. The van der Waals surface area contributed by atoms with Crippen molar-refractivity contribution in [2.24, 2.45) is 0 Å². The highest BCUT2D eigenvalue weighted by atomic mass is 16.5. The molecular formula is C19H15NO. The molecule has 2 nitrogen and oxygen atoms in total. The Morgan fingerprint density at radius 3 is 3.00 bits per heavy atom. The summed E-state index contributed by atoms with van der Waals surface area (Å²) >= 11 is 0. The van der Waals surface area contributed by atoms with E-state index in [4.69, 9.17) is 11.2 Å². The second-order valence-corrected chi connectivity index (χ2v) is 4.83. The monoisotopic (exact) mass is 273 g/mol. The summed E-state index contributed by atoms with van der Waals surface area (Å²) in [5.74, 6) is 3.64. The maximum Gasteiger partial charge on any atom is 0.119 e. The minimum Gasteiger partial charge on any atom is -0.497 e. The molecule has 21 heavy (non-hydrogen) atoms. The van der Waals surface area contributed by atoms with E-state index in [1.165, 1.54) is 5.56 Å². The van der Waals surface area contributed by atoms with Gasteiger partial charge in [0.1, 0.15) is 5.75 Å². The predicted molar refractivity (Wildman–Crippen MR) is 85.7 cm³/mol. The number of terminal acetylenes is 1. The summed E-state index contributed by atoms with van der Waals surface area (Å²) in [6.45, 7) is 0. The zero-order valence-corrected chi connectivity index (χ0v) is 11.8. The number of rotatable bonds is 3. The topological polar surface area (TPSA) is 22.1 Å². The van der Waals surface area contributed by atoms with Gasteiger partial charge in [-0.15, -0.1) is 6.42 Å². The predicted octanol–water partition coefficient (Wildman–Crippen LogP) is 3.75. The van der Waals surface area contributed by atoms with Crippen molar-refractivity contribution in [3.63, 3.8) is 0 Å². The van der Waals surface area contributed by atoms with Gasteiger partial charge in [-0.2, -0.15) is 0 Å². The Kier molecular flexibility index (Phi) is 3.57. The van der Waals surface area contributed by atoms with E-state index < -0.39 is 0 Å². The number of allylic oxidation sites excluding steroid dienone is 3. The van der Waals surface area contributed by atoms with Gasteiger partial charge in [0.2, 0.25) is 0 Å². The number of benzene rings is 1. The second kappa shape index (κ2) is 5.68. The van der Waals surface area contributed by atoms with Crippen molar-refractivity contribution in [2.75, 3.05) is 7.11 Å². The third-order valence-corrected chi connectivity index (χ3v) is 3.57. The van der Waals surface area contributed by atoms with Crippen LogP contribution in [0.1, 0.15) is 16.7 Å². The summed E-state index contributed by atoms with van der Waals surface area (Å²) < 4.78 is 5.31. The zero-order chi connectivity index (χ0) is 14.7. The Bertz CT molecular complexity index is 764. The number of hydrogen-bond donors (Lipinski definition) is 0. The number of pyridine rings is 1. The van der Waals surface area contributed by atoms with E-state index in [0.29, 0.717) is 0 Å². The number of ether oxygens (including phenoxy) is 1. The quantitative estimate of drug-likeness (QED) is 0.795. The number of fused-ring (bicyclic) bond motifs is 1. The molecule has 0 spiro atoms. The Labute approximate surface area is 124 Å². The highest BCUT2D eigenvalue weighted by Crippen LogP contribution is 2.35. The third-order valence-electron chi connectivity index (χ3n) is 3.57. The maximum absolute atomic E-state index is 5.72. The third kappa shape index (κ3) is 2.59. The summed E-state index contributed by atoms with van der Waals surface area (Å²) in [5.41, 5.74) is 5.40. The van der Waals surface area contributed by atoms with E-state index in [9.17, 15) is 0 Å². The Morgan fingerprint density at radius 2 is 2.29 bits per heavy atom. The second-order valence-electron chi connectivity index (χ2n) is 4.83. The van der Waals surface area contributed by atoms with Crippen molar-refractivity contribution in [1.29, 1.82) is 0 Å². The normalized spacial score (nSPS) is 13.3. The van der Waals surface area contributed by atoms with Crippen LogP contribution >= 0.6 is 0 Å². The van der Waals surface area contributed by atoms with E-state index in [0.717, 1.165) is 34.4 Å². The molecule has 0 unspecified atom stereocenters. The lowest BCUT2D eigenvalue weighted by Crippen LogP contribution is -1.90. The van der Waals surface area contributed by atoms with E-state index in [1.54, 1.807) is 19.5 Å². The van der Waals surface area contributed by atoms with E-state index >= 15 is 0 Å². The van der Waals surface area contributed by atoms with Crippen LogP contribution in [0, 0.1) is 12.3 Å². The van der Waals surface area contributed by atoms with Crippen molar-refractivity contribution >= 4 is 11.6 Å². The molecule has 0 aliphatic heterocycles. The van der Waals surface area contributed by atoms with E-state index in [2.05, 4.69) is 23.0 Å². The SMILES string of the molecule is C#C/C(=C\c1cccnc1)C1=CCc2ccc(OC)cc21. The van der Waals surface area contributed by atoms with Crippen LogP contribution in [0.25, 0.3) is 11.6 Å². The molecule has 1 aliphatic carbocycles. The highest BCUT2D eigenvalue weighted by molar-refractivity contribution is 5.92. The summed E-state index contributed by atoms with van der Waals surface area (Å²) in [6, 6.07) is 10.0. The average molecular weight is 273 g/mol. The van der Waals surface area contributed by atoms with Gasteiger partial charge >= 0.3 is 0 Å². The van der Waals surface area contributed by atoms with Crippen molar-refractivity contribution in [3.05, 3.63) is 71.1 Å². The molecule has 1 aromatic carbocycles. The Balaban J connectivity index is 2.02. The molecule has 0 saturated carbocycles. The Morgan fingerprint density at radius 1 is 1.38 bits per heavy atom. The minimum absolute atomic E-state index is 0.847. The molecule has 102 valence electrons. The van der Waals surface area contributed by atoms with Crippen LogP contribution in [0.15, 0.2) is 54.4 Å². The molecule has 1 aromatic heterocycles. The first-order chi connectivity index (χ1) is 10.3. The molecule has 0 bridgehead atoms. The fraction of sp³-hybridized carbons (Fsp3) is 0.105. The van der Waals surface area contributed by atoms with Crippen molar-refractivity contribution in [1.82, 2.24) is 4.98 Å². The van der Waals surface area contributed by atoms with E-state index in [-0.39, 0.29) is 0 Å². The van der Waals surface area contributed by atoms with Gasteiger partial charge in [-0.1, -0.05) is 24.1 Å². The summed E-state index contributed by atoms with van der Waals surface area (Å²) in [5, 5.41) is 0. The van der Waals surface area contributed by atoms with Crippen LogP contribution < -0.4 is 4.74 Å². The van der Waals surface area contributed by atoms with Crippen molar-refractivity contribution in [3.8, 4) is 18.1 Å². The first kappa shape index (κ1) is 13.2. The van der Waals surface area contributed by atoms with Crippen LogP contribution in [-0.4, -0.2) is 12.1 Å². The molecule has 0 atom stereocenters. The van der Waals surface area contributed by atoms with Crippen LogP contribution in [0.4, 0.5) is 0 Å². The molecule has 1 heterocycles. The van der Waals surface area contributed by atoms with Gasteiger partial charge in [0, 0.05) is 18.0 Å². The first-order valence-corrected chi connectivity index (χ1v) is 6.78. The first-order valence-electron chi connectivity index (χ1n) is 6.78. The molecule has 2 heteroatoms. The zero-order valence-electron chi connectivity index (χ0n) is 11.8. The van der Waals surface area contributed by atoms with E-state index in [1.807, 2.05) is 30.3 Å². The lowest BCUT2D eigenvalue weighted by Gasteiger charge is -2.08. The average Bonchev–Trinajstić information content (AvgIpc) is 2.96. The summed E-state index contributed by atoms with van der Waals surface area (Å²) in [4.78, 5) is 4.12. The lowest BCUT2D eigenvalue weighted by atomic mass is 9.98. The molecule has 0 fully saturated rings. The Hall–Kier alpha value is -2.79. The summed E-state index contributed by atoms with van der Waals surface area (Å²) in [7, 11) is 1.67. The van der Waals surface area contributed by atoms with Crippen LogP contribution in [0.5, 0.6) is 5.75 Å². The largest absolute Gasteiger partial charge is 0.497 e. The molecule has 0 N–H and O–H groups in total. The van der Waals surface area contributed by atoms with Crippen LogP contribution in [0.3, 0.4) is 0 Å². The fourth-order valence-corrected chi connectivity index (χ4v) is 2.51.